The van der Waals surface area contributed by atoms with Crippen LogP contribution in [-0.4, -0.2) is 56.4 Å². The molecule has 1 saturated heterocycles. The Kier molecular flexibility index (Phi) is 3.96. The van der Waals surface area contributed by atoms with Crippen LogP contribution in [0.25, 0.3) is 0 Å². The molecular weight excluding hydrogens is 272 g/mol. The molecule has 0 saturated carbocycles. The molecule has 22 heavy (non-hydrogen) atoms. The standard InChI is InChI=1S/C18H26N4/c1-18(2)15-7-5-6-8-16(15)21(4)17(18)9-10-19-22-13-11-20(3)12-14-22/h5-10H,11-14H2,1-4H3. The van der Waals surface area contributed by atoms with Gasteiger partial charge in [0.2, 0.25) is 0 Å². The van der Waals surface area contributed by atoms with E-state index in [0.29, 0.717) is 0 Å². The van der Waals surface area contributed by atoms with E-state index in [1.165, 1.54) is 16.9 Å². The normalized spacial score (nSPS) is 23.5. The summed E-state index contributed by atoms with van der Waals surface area (Å²) in [5.41, 5.74) is 4.01. The first-order chi connectivity index (χ1) is 10.5. The maximum atomic E-state index is 4.62. The van der Waals surface area contributed by atoms with Gasteiger partial charge in [-0.3, -0.25) is 5.01 Å². The van der Waals surface area contributed by atoms with E-state index in [-0.39, 0.29) is 5.41 Å². The summed E-state index contributed by atoms with van der Waals surface area (Å²) in [6, 6.07) is 8.64. The van der Waals surface area contributed by atoms with E-state index in [2.05, 4.69) is 78.2 Å². The number of likely N-dealkylation sites (N-methyl/N-ethyl adjacent to an activating group) is 2. The average Bonchev–Trinajstić information content (AvgIpc) is 2.70. The fourth-order valence-electron chi connectivity index (χ4n) is 3.41. The fraction of sp³-hybridized carbons (Fsp3) is 0.500. The fourth-order valence-corrected chi connectivity index (χ4v) is 3.41. The topological polar surface area (TPSA) is 22.1 Å². The molecule has 1 aromatic carbocycles. The van der Waals surface area contributed by atoms with E-state index in [4.69, 9.17) is 0 Å². The lowest BCUT2D eigenvalue weighted by molar-refractivity contribution is 0.159. The summed E-state index contributed by atoms with van der Waals surface area (Å²) in [5.74, 6) is 0. The number of hydrogen-bond donors (Lipinski definition) is 0. The van der Waals surface area contributed by atoms with Crippen LogP contribution in [0.2, 0.25) is 0 Å². The number of allylic oxidation sites excluding steroid dienone is 2. The van der Waals surface area contributed by atoms with Crippen molar-refractivity contribution in [3.63, 3.8) is 0 Å². The first-order valence-corrected chi connectivity index (χ1v) is 8.01. The largest absolute Gasteiger partial charge is 0.347 e. The highest BCUT2D eigenvalue weighted by atomic mass is 15.5. The summed E-state index contributed by atoms with van der Waals surface area (Å²) < 4.78 is 0. The van der Waals surface area contributed by atoms with Gasteiger partial charge in [-0.15, -0.1) is 0 Å². The number of para-hydroxylation sites is 1. The Hall–Kier alpha value is -1.81. The van der Waals surface area contributed by atoms with Crippen molar-refractivity contribution in [2.45, 2.75) is 19.3 Å². The van der Waals surface area contributed by atoms with Crippen molar-refractivity contribution >= 4 is 11.9 Å². The van der Waals surface area contributed by atoms with Gasteiger partial charge in [-0.2, -0.15) is 5.10 Å². The van der Waals surface area contributed by atoms with Gasteiger partial charge in [0.05, 0.1) is 0 Å². The molecule has 0 N–H and O–H groups in total. The third kappa shape index (κ3) is 2.63. The van der Waals surface area contributed by atoms with Crippen LogP contribution in [0, 0.1) is 0 Å². The van der Waals surface area contributed by atoms with Crippen LogP contribution in [0.15, 0.2) is 41.1 Å². The molecule has 0 amide bonds. The number of fused-ring (bicyclic) bond motifs is 1. The first kappa shape index (κ1) is 15.1. The van der Waals surface area contributed by atoms with Crippen LogP contribution >= 0.6 is 0 Å². The minimum Gasteiger partial charge on any atom is -0.347 e. The van der Waals surface area contributed by atoms with Gasteiger partial charge in [0.25, 0.3) is 0 Å². The second-order valence-electron chi connectivity index (χ2n) is 6.77. The van der Waals surface area contributed by atoms with Gasteiger partial charge in [-0.1, -0.05) is 32.0 Å². The van der Waals surface area contributed by atoms with Crippen LogP contribution in [0.5, 0.6) is 0 Å². The summed E-state index contributed by atoms with van der Waals surface area (Å²) in [5, 5.41) is 6.78. The van der Waals surface area contributed by atoms with E-state index >= 15 is 0 Å². The molecule has 0 atom stereocenters. The molecule has 0 bridgehead atoms. The molecule has 3 rings (SSSR count). The molecule has 1 aromatic rings. The molecule has 4 heteroatoms. The Morgan fingerprint density at radius 2 is 1.73 bits per heavy atom. The average molecular weight is 298 g/mol. The molecule has 2 heterocycles. The molecule has 0 aliphatic carbocycles. The Morgan fingerprint density at radius 3 is 2.41 bits per heavy atom. The molecule has 4 nitrogen and oxygen atoms in total. The van der Waals surface area contributed by atoms with Gasteiger partial charge in [0.15, 0.2) is 0 Å². The van der Waals surface area contributed by atoms with Gasteiger partial charge in [-0.25, -0.2) is 0 Å². The lowest BCUT2D eigenvalue weighted by Gasteiger charge is -2.30. The third-order valence-corrected chi connectivity index (χ3v) is 4.88. The zero-order chi connectivity index (χ0) is 15.7. The summed E-state index contributed by atoms with van der Waals surface area (Å²) >= 11 is 0. The number of hydrogen-bond acceptors (Lipinski definition) is 4. The van der Waals surface area contributed by atoms with E-state index in [9.17, 15) is 0 Å². The van der Waals surface area contributed by atoms with E-state index < -0.39 is 0 Å². The van der Waals surface area contributed by atoms with Gasteiger partial charge in [0.1, 0.15) is 0 Å². The number of anilines is 1. The number of rotatable bonds is 2. The maximum absolute atomic E-state index is 4.62. The molecule has 1 fully saturated rings. The molecule has 2 aliphatic heterocycles. The highest BCUT2D eigenvalue weighted by Gasteiger charge is 2.37. The van der Waals surface area contributed by atoms with Crippen LogP contribution in [0.4, 0.5) is 5.69 Å². The lowest BCUT2D eigenvalue weighted by Crippen LogP contribution is -2.41. The molecule has 0 unspecified atom stereocenters. The van der Waals surface area contributed by atoms with Crippen molar-refractivity contribution in [2.75, 3.05) is 45.2 Å². The van der Waals surface area contributed by atoms with Gasteiger partial charge >= 0.3 is 0 Å². The second kappa shape index (κ2) is 5.76. The van der Waals surface area contributed by atoms with E-state index in [1.54, 1.807) is 0 Å². The van der Waals surface area contributed by atoms with Crippen molar-refractivity contribution in [3.05, 3.63) is 41.6 Å². The monoisotopic (exact) mass is 298 g/mol. The Balaban J connectivity index is 1.77. The summed E-state index contributed by atoms with van der Waals surface area (Å²) in [4.78, 5) is 4.63. The Labute approximate surface area is 133 Å². The van der Waals surface area contributed by atoms with Gasteiger partial charge < -0.3 is 9.80 Å². The van der Waals surface area contributed by atoms with Gasteiger partial charge in [-0.05, 0) is 24.8 Å². The molecule has 0 spiro atoms. The zero-order valence-electron chi connectivity index (χ0n) is 14.1. The van der Waals surface area contributed by atoms with Crippen LogP contribution < -0.4 is 4.90 Å². The molecular formula is C18H26N4. The SMILES string of the molecule is CN1CCN(N=CC=C2N(C)c3ccccc3C2(C)C)CC1. The predicted molar refractivity (Wildman–Crippen MR) is 93.5 cm³/mol. The number of benzene rings is 1. The summed E-state index contributed by atoms with van der Waals surface area (Å²) in [6.07, 6.45) is 4.13. The highest BCUT2D eigenvalue weighted by molar-refractivity contribution is 5.79. The predicted octanol–water partition coefficient (Wildman–Crippen LogP) is 2.53. The lowest BCUT2D eigenvalue weighted by atomic mass is 9.84. The van der Waals surface area contributed by atoms with Crippen molar-refractivity contribution in [1.82, 2.24) is 9.91 Å². The number of nitrogens with zero attached hydrogens (tertiary/aromatic N) is 4. The molecule has 0 radical (unpaired) electrons. The van der Waals surface area contributed by atoms with Crippen LogP contribution in [0.3, 0.4) is 0 Å². The Bertz CT molecular complexity index is 595. The van der Waals surface area contributed by atoms with Crippen molar-refractivity contribution < 1.29 is 0 Å². The van der Waals surface area contributed by atoms with Gasteiger partial charge in [0, 0.05) is 56.2 Å². The van der Waals surface area contributed by atoms with Crippen LogP contribution in [0.1, 0.15) is 19.4 Å². The van der Waals surface area contributed by atoms with Crippen LogP contribution in [-0.2, 0) is 5.41 Å². The smallest absolute Gasteiger partial charge is 0.0488 e. The Morgan fingerprint density at radius 1 is 1.05 bits per heavy atom. The number of piperazine rings is 1. The maximum Gasteiger partial charge on any atom is 0.0488 e. The van der Waals surface area contributed by atoms with Crippen molar-refractivity contribution in [2.24, 2.45) is 5.10 Å². The minimum atomic E-state index is 0.0273. The summed E-state index contributed by atoms with van der Waals surface area (Å²) in [6.45, 7) is 8.76. The van der Waals surface area contributed by atoms with E-state index in [1.807, 2.05) is 6.21 Å². The van der Waals surface area contributed by atoms with E-state index in [0.717, 1.165) is 26.2 Å². The minimum absolute atomic E-state index is 0.0273. The second-order valence-corrected chi connectivity index (χ2v) is 6.77. The molecule has 0 aromatic heterocycles. The molecule has 2 aliphatic rings. The van der Waals surface area contributed by atoms with Crippen molar-refractivity contribution in [1.29, 1.82) is 0 Å². The first-order valence-electron chi connectivity index (χ1n) is 8.01. The highest BCUT2D eigenvalue weighted by Crippen LogP contribution is 2.46. The van der Waals surface area contributed by atoms with Crippen molar-refractivity contribution in [3.8, 4) is 0 Å². The summed E-state index contributed by atoms with van der Waals surface area (Å²) in [7, 11) is 4.30. The quantitative estimate of drug-likeness (QED) is 0.783. The third-order valence-electron chi connectivity index (χ3n) is 4.88. The zero-order valence-corrected chi connectivity index (χ0v) is 14.1. The molecule has 118 valence electrons. The number of hydrazone groups is 1.